The van der Waals surface area contributed by atoms with E-state index < -0.39 is 0 Å². The number of hydrogen-bond acceptors (Lipinski definition) is 3. The molecule has 2 aliphatic rings. The molecule has 128 valence electrons. The molecule has 1 aliphatic heterocycles. The molecule has 0 aromatic heterocycles. The molecule has 1 saturated carbocycles. The second-order valence-electron chi connectivity index (χ2n) is 7.26. The number of rotatable bonds is 2. The molecule has 1 aliphatic carbocycles. The van der Waals surface area contributed by atoms with Crippen LogP contribution in [-0.4, -0.2) is 22.5 Å². The van der Waals surface area contributed by atoms with Crippen LogP contribution in [0.4, 0.5) is 0 Å². The van der Waals surface area contributed by atoms with E-state index in [2.05, 4.69) is 23.5 Å². The lowest BCUT2D eigenvalue weighted by atomic mass is 9.73. The van der Waals surface area contributed by atoms with Gasteiger partial charge in [0.2, 0.25) is 0 Å². The van der Waals surface area contributed by atoms with Gasteiger partial charge >= 0.3 is 0 Å². The van der Waals surface area contributed by atoms with E-state index in [-0.39, 0.29) is 17.4 Å². The van der Waals surface area contributed by atoms with Crippen LogP contribution in [-0.2, 0) is 6.42 Å². The highest BCUT2D eigenvalue weighted by molar-refractivity contribution is 6.08. The highest BCUT2D eigenvalue weighted by atomic mass is 16.3. The van der Waals surface area contributed by atoms with Crippen LogP contribution < -0.4 is 5.32 Å². The summed E-state index contributed by atoms with van der Waals surface area (Å²) in [7, 11) is 0. The lowest BCUT2D eigenvalue weighted by molar-refractivity contribution is 0.0881. The van der Waals surface area contributed by atoms with Crippen LogP contribution in [0.15, 0.2) is 60.7 Å². The third-order valence-corrected chi connectivity index (χ3v) is 5.48. The number of nitrogens with one attached hydrogen (secondary N) is 1. The first kappa shape index (κ1) is 16.1. The summed E-state index contributed by atoms with van der Waals surface area (Å²) in [6.07, 6.45) is 5.98. The molecule has 2 aromatic carbocycles. The van der Waals surface area contributed by atoms with Gasteiger partial charge in [0.15, 0.2) is 5.78 Å². The van der Waals surface area contributed by atoms with Gasteiger partial charge < -0.3 is 10.4 Å². The second kappa shape index (κ2) is 6.49. The minimum atomic E-state index is -0.192. The Labute approximate surface area is 148 Å². The van der Waals surface area contributed by atoms with Crippen molar-refractivity contribution in [3.05, 3.63) is 77.4 Å². The highest BCUT2D eigenvalue weighted by Gasteiger charge is 2.39. The summed E-state index contributed by atoms with van der Waals surface area (Å²) in [6, 6.07) is 17.7. The standard InChI is InChI=1S/C22H23NO2/c24-18-10-12-22(13-11-18)15-17-8-4-5-9-19(17)20(23-22)14-21(25)16-6-2-1-3-7-16/h1-9,14,18,23-24H,10-13,15H2/b20-14-. The minimum absolute atomic E-state index is 0.0193. The highest BCUT2D eigenvalue weighted by Crippen LogP contribution is 2.38. The summed E-state index contributed by atoms with van der Waals surface area (Å²) in [6.45, 7) is 0. The predicted molar refractivity (Wildman–Crippen MR) is 99.2 cm³/mol. The lowest BCUT2D eigenvalue weighted by Gasteiger charge is -2.45. The van der Waals surface area contributed by atoms with Crippen molar-refractivity contribution in [3.8, 4) is 0 Å². The number of ketones is 1. The van der Waals surface area contributed by atoms with E-state index in [0.29, 0.717) is 5.56 Å². The molecule has 0 radical (unpaired) electrons. The number of carbonyl (C=O) groups is 1. The molecule has 3 nitrogen and oxygen atoms in total. The van der Waals surface area contributed by atoms with E-state index in [1.165, 1.54) is 5.56 Å². The van der Waals surface area contributed by atoms with Gasteiger partial charge in [0.25, 0.3) is 0 Å². The number of carbonyl (C=O) groups excluding carboxylic acids is 1. The average molecular weight is 333 g/mol. The average Bonchev–Trinajstić information content (AvgIpc) is 2.65. The fourth-order valence-corrected chi connectivity index (χ4v) is 4.09. The smallest absolute Gasteiger partial charge is 0.187 e. The van der Waals surface area contributed by atoms with Crippen molar-refractivity contribution in [1.29, 1.82) is 0 Å². The van der Waals surface area contributed by atoms with Crippen LogP contribution in [0.25, 0.3) is 5.70 Å². The number of allylic oxidation sites excluding steroid dienone is 1. The van der Waals surface area contributed by atoms with Crippen molar-refractivity contribution in [2.75, 3.05) is 0 Å². The molecule has 1 fully saturated rings. The summed E-state index contributed by atoms with van der Waals surface area (Å²) in [5, 5.41) is 13.6. The summed E-state index contributed by atoms with van der Waals surface area (Å²) in [4.78, 5) is 12.7. The van der Waals surface area contributed by atoms with E-state index in [1.807, 2.05) is 36.4 Å². The molecule has 0 atom stereocenters. The monoisotopic (exact) mass is 333 g/mol. The van der Waals surface area contributed by atoms with Gasteiger partial charge in [-0.3, -0.25) is 4.79 Å². The quantitative estimate of drug-likeness (QED) is 0.650. The van der Waals surface area contributed by atoms with Crippen LogP contribution in [0.1, 0.15) is 47.2 Å². The third-order valence-electron chi connectivity index (χ3n) is 5.48. The maximum Gasteiger partial charge on any atom is 0.187 e. The van der Waals surface area contributed by atoms with Gasteiger partial charge in [-0.25, -0.2) is 0 Å². The van der Waals surface area contributed by atoms with Crippen LogP contribution in [0.3, 0.4) is 0 Å². The zero-order chi connectivity index (χ0) is 17.3. The SMILES string of the molecule is O=C(/C=C1\NC2(CCC(O)CC2)Cc2ccccc21)c1ccccc1. The van der Waals surface area contributed by atoms with Crippen molar-refractivity contribution >= 4 is 11.5 Å². The topological polar surface area (TPSA) is 49.3 Å². The molecule has 3 heteroatoms. The van der Waals surface area contributed by atoms with Crippen molar-refractivity contribution < 1.29 is 9.90 Å². The summed E-state index contributed by atoms with van der Waals surface area (Å²) >= 11 is 0. The van der Waals surface area contributed by atoms with Crippen LogP contribution in [0.5, 0.6) is 0 Å². The molecule has 0 bridgehead atoms. The first-order valence-corrected chi connectivity index (χ1v) is 9.01. The fraction of sp³-hybridized carbons (Fsp3) is 0.318. The Hall–Kier alpha value is -2.39. The van der Waals surface area contributed by atoms with E-state index in [4.69, 9.17) is 0 Å². The first-order chi connectivity index (χ1) is 12.2. The largest absolute Gasteiger partial charge is 0.393 e. The molecule has 25 heavy (non-hydrogen) atoms. The molecule has 0 saturated heterocycles. The fourth-order valence-electron chi connectivity index (χ4n) is 4.09. The van der Waals surface area contributed by atoms with E-state index >= 15 is 0 Å². The molecule has 4 rings (SSSR count). The summed E-state index contributed by atoms with van der Waals surface area (Å²) in [5.41, 5.74) is 3.96. The number of fused-ring (bicyclic) bond motifs is 1. The Morgan fingerprint density at radius 1 is 1.04 bits per heavy atom. The Morgan fingerprint density at radius 2 is 1.72 bits per heavy atom. The Kier molecular flexibility index (Phi) is 4.18. The minimum Gasteiger partial charge on any atom is -0.393 e. The van der Waals surface area contributed by atoms with E-state index in [9.17, 15) is 9.90 Å². The number of aliphatic hydroxyl groups is 1. The van der Waals surface area contributed by atoms with Gasteiger partial charge in [-0.05, 0) is 37.7 Å². The van der Waals surface area contributed by atoms with Gasteiger partial charge in [0.05, 0.1) is 6.10 Å². The van der Waals surface area contributed by atoms with E-state index in [1.54, 1.807) is 6.08 Å². The van der Waals surface area contributed by atoms with Gasteiger partial charge in [-0.15, -0.1) is 0 Å². The molecular weight excluding hydrogens is 310 g/mol. The number of benzene rings is 2. The van der Waals surface area contributed by atoms with Crippen LogP contribution in [0, 0.1) is 0 Å². The summed E-state index contributed by atoms with van der Waals surface area (Å²) in [5.74, 6) is 0.0193. The van der Waals surface area contributed by atoms with Crippen molar-refractivity contribution in [1.82, 2.24) is 5.32 Å². The lowest BCUT2D eigenvalue weighted by Crippen LogP contribution is -2.52. The van der Waals surface area contributed by atoms with Crippen molar-refractivity contribution in [3.63, 3.8) is 0 Å². The van der Waals surface area contributed by atoms with Crippen molar-refractivity contribution in [2.24, 2.45) is 0 Å². The second-order valence-corrected chi connectivity index (χ2v) is 7.26. The molecule has 0 unspecified atom stereocenters. The van der Waals surface area contributed by atoms with Crippen LogP contribution in [0.2, 0.25) is 0 Å². The Morgan fingerprint density at radius 3 is 2.48 bits per heavy atom. The third kappa shape index (κ3) is 3.24. The molecule has 2 aromatic rings. The van der Waals surface area contributed by atoms with E-state index in [0.717, 1.165) is 43.4 Å². The molecule has 2 N–H and O–H groups in total. The zero-order valence-electron chi connectivity index (χ0n) is 14.2. The maximum absolute atomic E-state index is 12.7. The van der Waals surface area contributed by atoms with Gasteiger partial charge in [-0.1, -0.05) is 54.6 Å². The van der Waals surface area contributed by atoms with Gasteiger partial charge in [0.1, 0.15) is 0 Å². The van der Waals surface area contributed by atoms with Gasteiger partial charge in [0, 0.05) is 28.4 Å². The Bertz CT molecular complexity index is 802. The number of hydrogen-bond donors (Lipinski definition) is 2. The first-order valence-electron chi connectivity index (χ1n) is 9.01. The predicted octanol–water partition coefficient (Wildman–Crippen LogP) is 3.73. The molecule has 1 heterocycles. The normalized spacial score (nSPS) is 26.9. The molecule has 0 amide bonds. The summed E-state index contributed by atoms with van der Waals surface area (Å²) < 4.78 is 0. The Balaban J connectivity index is 1.70. The number of aliphatic hydroxyl groups excluding tert-OH is 1. The molecule has 1 spiro atoms. The van der Waals surface area contributed by atoms with Gasteiger partial charge in [-0.2, -0.15) is 0 Å². The zero-order valence-corrected chi connectivity index (χ0v) is 14.2. The molecular formula is C22H23NO2. The van der Waals surface area contributed by atoms with Crippen molar-refractivity contribution in [2.45, 2.75) is 43.7 Å². The maximum atomic E-state index is 12.7. The van der Waals surface area contributed by atoms with Crippen LogP contribution >= 0.6 is 0 Å².